The Hall–Kier alpha value is -3.47. The van der Waals surface area contributed by atoms with Crippen molar-refractivity contribution in [2.24, 2.45) is 0 Å². The number of methoxy groups -OCH3 is 1. The van der Waals surface area contributed by atoms with Gasteiger partial charge in [0.15, 0.2) is 5.16 Å². The zero-order valence-corrected chi connectivity index (χ0v) is 24.1. The highest BCUT2D eigenvalue weighted by Gasteiger charge is 2.20. The van der Waals surface area contributed by atoms with Crippen LogP contribution in [0.1, 0.15) is 52.8 Å². The maximum atomic E-state index is 13.7. The first kappa shape index (κ1) is 27.1. The number of nitrogens with one attached hydrogen (secondary N) is 1. The summed E-state index contributed by atoms with van der Waals surface area (Å²) in [6.07, 6.45) is 1.01. The Labute approximate surface area is 237 Å². The van der Waals surface area contributed by atoms with Crippen molar-refractivity contribution < 1.29 is 9.53 Å². The molecule has 0 saturated carbocycles. The molecule has 1 unspecified atom stereocenters. The Balaban J connectivity index is 1.57. The number of aryl methyl sites for hydroxylation is 1. The normalized spacial score (nSPS) is 12.2. The highest BCUT2D eigenvalue weighted by atomic mass is 35.5. The quantitative estimate of drug-likeness (QED) is 0.138. The minimum Gasteiger partial charge on any atom is -0.465 e. The summed E-state index contributed by atoms with van der Waals surface area (Å²) in [6, 6.07) is 12.9. The molecule has 0 radical (unpaired) electrons. The van der Waals surface area contributed by atoms with Crippen LogP contribution in [0.15, 0.2) is 57.2 Å². The highest BCUT2D eigenvalue weighted by Crippen LogP contribution is 2.30. The third kappa shape index (κ3) is 5.11. The monoisotopic (exact) mass is 580 g/mol. The summed E-state index contributed by atoms with van der Waals surface area (Å²) in [6.45, 7) is 6.00. The van der Waals surface area contributed by atoms with E-state index in [0.29, 0.717) is 59.2 Å². The second-order valence-corrected chi connectivity index (χ2v) is 11.5. The molecule has 0 aliphatic rings. The number of aromatic amines is 1. The molecule has 5 rings (SSSR count). The van der Waals surface area contributed by atoms with E-state index in [-0.39, 0.29) is 16.9 Å². The summed E-state index contributed by atoms with van der Waals surface area (Å²) in [5.74, 6) is 0.529. The molecule has 0 aliphatic carbocycles. The average molecular weight is 581 g/mol. The van der Waals surface area contributed by atoms with Crippen LogP contribution in [0, 0.1) is 6.92 Å². The van der Waals surface area contributed by atoms with Gasteiger partial charge in [-0.1, -0.05) is 49.3 Å². The van der Waals surface area contributed by atoms with Crippen LogP contribution in [0.4, 0.5) is 0 Å². The van der Waals surface area contributed by atoms with Crippen molar-refractivity contribution in [1.29, 1.82) is 0 Å². The minimum absolute atomic E-state index is 0.219. The molecule has 11 heteroatoms. The fourth-order valence-corrected chi connectivity index (χ4v) is 6.50. The van der Waals surface area contributed by atoms with Gasteiger partial charge in [0.25, 0.3) is 11.1 Å². The smallest absolute Gasteiger partial charge is 0.348 e. The van der Waals surface area contributed by atoms with Crippen LogP contribution in [-0.4, -0.2) is 32.6 Å². The number of thioether (sulfide) groups is 1. The van der Waals surface area contributed by atoms with Gasteiger partial charge in [-0.3, -0.25) is 14.2 Å². The van der Waals surface area contributed by atoms with Crippen molar-refractivity contribution >= 4 is 61.8 Å². The molecule has 200 valence electrons. The Morgan fingerprint density at radius 3 is 2.62 bits per heavy atom. The van der Waals surface area contributed by atoms with Crippen molar-refractivity contribution in [3.63, 3.8) is 0 Å². The molecule has 0 amide bonds. The number of halogens is 1. The van der Waals surface area contributed by atoms with E-state index in [9.17, 15) is 14.4 Å². The number of nitrogens with zero attached hydrogens (tertiary/aromatic N) is 3. The fourth-order valence-electron chi connectivity index (χ4n) is 4.33. The zero-order valence-electron chi connectivity index (χ0n) is 21.7. The molecule has 0 fully saturated rings. The van der Waals surface area contributed by atoms with Crippen LogP contribution in [0.3, 0.4) is 0 Å². The number of thiophene rings is 1. The van der Waals surface area contributed by atoms with Gasteiger partial charge in [-0.05, 0) is 60.7 Å². The lowest BCUT2D eigenvalue weighted by atomic mass is 9.98. The SMILES string of the molecule is CCC(C)c1ccc(-n2c(SCc3nc4sc(C(=O)OC)c(C)c4c(=O)[nH]3)nc3cc(Cl)ccc3c2=O)cc1. The summed E-state index contributed by atoms with van der Waals surface area (Å²) in [5.41, 5.74) is 2.34. The Bertz CT molecular complexity index is 1840. The van der Waals surface area contributed by atoms with Crippen LogP contribution in [-0.2, 0) is 10.5 Å². The molecule has 0 spiro atoms. The van der Waals surface area contributed by atoms with E-state index in [1.165, 1.54) is 24.4 Å². The highest BCUT2D eigenvalue weighted by molar-refractivity contribution is 7.98. The van der Waals surface area contributed by atoms with Gasteiger partial charge >= 0.3 is 5.97 Å². The van der Waals surface area contributed by atoms with Crippen LogP contribution in [0.5, 0.6) is 0 Å². The number of ether oxygens (including phenoxy) is 1. The summed E-state index contributed by atoms with van der Waals surface area (Å²) < 4.78 is 6.41. The first-order valence-electron chi connectivity index (χ1n) is 12.3. The summed E-state index contributed by atoms with van der Waals surface area (Å²) in [5, 5.41) is 1.73. The number of esters is 1. The summed E-state index contributed by atoms with van der Waals surface area (Å²) in [7, 11) is 1.30. The number of carbonyl (C=O) groups is 1. The molecule has 3 aromatic heterocycles. The third-order valence-electron chi connectivity index (χ3n) is 6.69. The first-order chi connectivity index (χ1) is 18.7. The summed E-state index contributed by atoms with van der Waals surface area (Å²) in [4.78, 5) is 51.6. The van der Waals surface area contributed by atoms with E-state index in [4.69, 9.17) is 21.3 Å². The van der Waals surface area contributed by atoms with E-state index < -0.39 is 5.97 Å². The van der Waals surface area contributed by atoms with E-state index in [0.717, 1.165) is 17.8 Å². The van der Waals surface area contributed by atoms with Gasteiger partial charge in [0.2, 0.25) is 0 Å². The predicted molar refractivity (Wildman–Crippen MR) is 157 cm³/mol. The molecule has 0 aliphatic heterocycles. The fraction of sp³-hybridized carbons (Fsp3) is 0.250. The first-order valence-corrected chi connectivity index (χ1v) is 14.5. The van der Waals surface area contributed by atoms with Crippen LogP contribution in [0.2, 0.25) is 5.02 Å². The number of fused-ring (bicyclic) bond motifs is 2. The van der Waals surface area contributed by atoms with Crippen molar-refractivity contribution in [2.75, 3.05) is 7.11 Å². The van der Waals surface area contributed by atoms with Gasteiger partial charge in [0.05, 0.1) is 34.8 Å². The number of rotatable bonds is 7. The molecule has 3 heterocycles. The average Bonchev–Trinajstić information content (AvgIpc) is 3.27. The Kier molecular flexibility index (Phi) is 7.61. The van der Waals surface area contributed by atoms with Crippen molar-refractivity contribution in [3.8, 4) is 5.69 Å². The molecular formula is C28H25ClN4O4S2. The van der Waals surface area contributed by atoms with Gasteiger partial charge in [-0.25, -0.2) is 14.8 Å². The summed E-state index contributed by atoms with van der Waals surface area (Å²) >= 11 is 8.59. The van der Waals surface area contributed by atoms with Crippen LogP contribution in [0.25, 0.3) is 26.8 Å². The lowest BCUT2D eigenvalue weighted by Gasteiger charge is -2.15. The third-order valence-corrected chi connectivity index (χ3v) is 9.04. The van der Waals surface area contributed by atoms with E-state index in [2.05, 4.69) is 23.8 Å². The molecule has 1 N–H and O–H groups in total. The second kappa shape index (κ2) is 11.0. The van der Waals surface area contributed by atoms with Crippen molar-refractivity contribution in [1.82, 2.24) is 19.5 Å². The molecular weight excluding hydrogens is 556 g/mol. The number of aromatic nitrogens is 4. The Morgan fingerprint density at radius 2 is 1.92 bits per heavy atom. The molecule has 8 nitrogen and oxygen atoms in total. The molecule has 5 aromatic rings. The topological polar surface area (TPSA) is 107 Å². The predicted octanol–water partition coefficient (Wildman–Crippen LogP) is 6.24. The number of hydrogen-bond acceptors (Lipinski definition) is 8. The number of benzene rings is 2. The van der Waals surface area contributed by atoms with E-state index in [1.807, 2.05) is 24.3 Å². The van der Waals surface area contributed by atoms with E-state index in [1.54, 1.807) is 29.7 Å². The molecule has 2 aromatic carbocycles. The molecule has 0 saturated heterocycles. The van der Waals surface area contributed by atoms with Crippen LogP contribution < -0.4 is 11.1 Å². The molecule has 0 bridgehead atoms. The second-order valence-electron chi connectivity index (χ2n) is 9.13. The lowest BCUT2D eigenvalue weighted by molar-refractivity contribution is 0.0605. The van der Waals surface area contributed by atoms with Crippen molar-refractivity contribution in [3.05, 3.63) is 90.0 Å². The number of hydrogen-bond donors (Lipinski definition) is 1. The molecule has 39 heavy (non-hydrogen) atoms. The van der Waals surface area contributed by atoms with Gasteiger partial charge in [0, 0.05) is 5.02 Å². The minimum atomic E-state index is -0.506. The zero-order chi connectivity index (χ0) is 27.8. The number of carbonyl (C=O) groups excluding carboxylic acids is 1. The van der Waals surface area contributed by atoms with Gasteiger partial charge < -0.3 is 9.72 Å². The van der Waals surface area contributed by atoms with Crippen LogP contribution >= 0.6 is 34.7 Å². The number of H-pyrrole nitrogens is 1. The largest absolute Gasteiger partial charge is 0.465 e. The Morgan fingerprint density at radius 1 is 1.18 bits per heavy atom. The van der Waals surface area contributed by atoms with Crippen molar-refractivity contribution in [2.45, 2.75) is 44.0 Å². The van der Waals surface area contributed by atoms with Gasteiger partial charge in [-0.2, -0.15) is 0 Å². The lowest BCUT2D eigenvalue weighted by Crippen LogP contribution is -2.22. The molecule has 1 atom stereocenters. The maximum absolute atomic E-state index is 13.7. The van der Waals surface area contributed by atoms with Gasteiger partial charge in [-0.15, -0.1) is 11.3 Å². The standard InChI is InChI=1S/C28H25ClN4O4S2/c1-5-14(2)16-6-9-18(10-7-16)33-26(35)19-11-8-17(29)12-20(19)30-28(33)38-13-21-31-24(34)22-15(3)23(27(36)37-4)39-25(22)32-21/h6-12,14H,5,13H2,1-4H3,(H,31,32,34). The van der Waals surface area contributed by atoms with Gasteiger partial charge in [0.1, 0.15) is 15.5 Å². The van der Waals surface area contributed by atoms with E-state index >= 15 is 0 Å². The maximum Gasteiger partial charge on any atom is 0.348 e.